The highest BCUT2D eigenvalue weighted by atomic mass is 16.4. The Bertz CT molecular complexity index is 319. The highest BCUT2D eigenvalue weighted by Crippen LogP contribution is 2.31. The van der Waals surface area contributed by atoms with Crippen molar-refractivity contribution in [3.63, 3.8) is 0 Å². The molecule has 1 rings (SSSR count). The Kier molecular flexibility index (Phi) is 4.99. The van der Waals surface area contributed by atoms with E-state index >= 15 is 0 Å². The van der Waals surface area contributed by atoms with Crippen LogP contribution in [0.2, 0.25) is 0 Å². The molecule has 1 fully saturated rings. The molecular formula is C13H24N2O3. The van der Waals surface area contributed by atoms with Crippen LogP contribution < -0.4 is 5.32 Å². The summed E-state index contributed by atoms with van der Waals surface area (Å²) in [7, 11) is 1.54. The maximum atomic E-state index is 12.0. The van der Waals surface area contributed by atoms with Gasteiger partial charge in [0.1, 0.15) is 6.04 Å². The molecule has 5 heteroatoms. The maximum absolute atomic E-state index is 12.0. The fraction of sp³-hybridized carbons (Fsp3) is 0.846. The number of hydrogen-bond acceptors (Lipinski definition) is 2. The number of nitrogens with zero attached hydrogens (tertiary/aromatic N) is 1. The lowest BCUT2D eigenvalue weighted by atomic mass is 9.98. The number of carbonyl (C=O) groups excluding carboxylic acids is 1. The predicted octanol–water partition coefficient (Wildman–Crippen LogP) is 1.93. The van der Waals surface area contributed by atoms with Crippen LogP contribution in [-0.2, 0) is 4.79 Å². The molecule has 0 aromatic carbocycles. The van der Waals surface area contributed by atoms with E-state index < -0.39 is 12.0 Å². The van der Waals surface area contributed by atoms with Gasteiger partial charge in [-0.1, -0.05) is 20.8 Å². The van der Waals surface area contributed by atoms with Gasteiger partial charge in [0.15, 0.2) is 0 Å². The van der Waals surface area contributed by atoms with Gasteiger partial charge in [0, 0.05) is 13.1 Å². The second kappa shape index (κ2) is 6.07. The van der Waals surface area contributed by atoms with E-state index in [2.05, 4.69) is 19.2 Å². The molecule has 0 saturated heterocycles. The van der Waals surface area contributed by atoms with Crippen molar-refractivity contribution in [3.05, 3.63) is 0 Å². The van der Waals surface area contributed by atoms with Gasteiger partial charge in [0.05, 0.1) is 0 Å². The van der Waals surface area contributed by atoms with Gasteiger partial charge in [0.2, 0.25) is 0 Å². The third-order valence-electron chi connectivity index (χ3n) is 4.23. The van der Waals surface area contributed by atoms with Crippen molar-refractivity contribution in [1.82, 2.24) is 10.2 Å². The van der Waals surface area contributed by atoms with Crippen LogP contribution in [0.4, 0.5) is 4.79 Å². The van der Waals surface area contributed by atoms with Gasteiger partial charge in [-0.25, -0.2) is 9.59 Å². The first-order chi connectivity index (χ1) is 8.38. The summed E-state index contributed by atoms with van der Waals surface area (Å²) in [4.78, 5) is 24.3. The summed E-state index contributed by atoms with van der Waals surface area (Å²) in [5.74, 6) is 0.109. The summed E-state index contributed by atoms with van der Waals surface area (Å²) in [6.07, 6.45) is 2.51. The number of carbonyl (C=O) groups is 2. The van der Waals surface area contributed by atoms with Crippen LogP contribution in [0.25, 0.3) is 0 Å². The Morgan fingerprint density at radius 1 is 1.39 bits per heavy atom. The summed E-state index contributed by atoms with van der Waals surface area (Å²) in [5, 5.41) is 12.0. The molecule has 0 bridgehead atoms. The molecule has 0 heterocycles. The van der Waals surface area contributed by atoms with E-state index in [0.29, 0.717) is 18.3 Å². The first-order valence-corrected chi connectivity index (χ1v) is 6.64. The normalized spacial score (nSPS) is 28.8. The Labute approximate surface area is 109 Å². The minimum absolute atomic E-state index is 0.168. The van der Waals surface area contributed by atoms with Crippen LogP contribution in [0, 0.1) is 11.8 Å². The number of rotatable bonds is 4. The standard InChI is InChI=1S/C13H24N2O3/c1-5-11(12(16)17)15(4)13(18)14-10-7-6-8(2)9(10)3/h8-11H,5-7H2,1-4H3,(H,14,18)(H,16,17). The van der Waals surface area contributed by atoms with E-state index in [1.54, 1.807) is 14.0 Å². The van der Waals surface area contributed by atoms with E-state index in [9.17, 15) is 9.59 Å². The Balaban J connectivity index is 2.57. The lowest BCUT2D eigenvalue weighted by Gasteiger charge is -2.27. The SMILES string of the molecule is CCC(C(=O)O)N(C)C(=O)NC1CCC(C)C1C. The molecule has 0 aromatic rings. The number of amides is 2. The number of aliphatic carboxylic acids is 1. The summed E-state index contributed by atoms with van der Waals surface area (Å²) in [6, 6.07) is -0.865. The molecule has 1 saturated carbocycles. The molecule has 4 unspecified atom stereocenters. The Hall–Kier alpha value is -1.26. The molecule has 104 valence electrons. The fourth-order valence-corrected chi connectivity index (χ4v) is 2.58. The van der Waals surface area contributed by atoms with Crippen molar-refractivity contribution in [2.24, 2.45) is 11.8 Å². The van der Waals surface area contributed by atoms with Gasteiger partial charge in [-0.05, 0) is 31.1 Å². The molecule has 5 nitrogen and oxygen atoms in total. The first-order valence-electron chi connectivity index (χ1n) is 6.64. The van der Waals surface area contributed by atoms with Crippen molar-refractivity contribution in [2.75, 3.05) is 7.05 Å². The number of urea groups is 1. The van der Waals surface area contributed by atoms with Gasteiger partial charge in [-0.2, -0.15) is 0 Å². The number of carboxylic acids is 1. The maximum Gasteiger partial charge on any atom is 0.326 e. The molecule has 0 radical (unpaired) electrons. The van der Waals surface area contributed by atoms with Gasteiger partial charge < -0.3 is 15.3 Å². The number of nitrogens with one attached hydrogen (secondary N) is 1. The smallest absolute Gasteiger partial charge is 0.326 e. The molecule has 0 spiro atoms. The van der Waals surface area contributed by atoms with Crippen molar-refractivity contribution in [1.29, 1.82) is 0 Å². The highest BCUT2D eigenvalue weighted by Gasteiger charge is 2.33. The zero-order valence-corrected chi connectivity index (χ0v) is 11.6. The van der Waals surface area contributed by atoms with Crippen molar-refractivity contribution in [2.45, 2.75) is 52.1 Å². The number of hydrogen-bond donors (Lipinski definition) is 2. The van der Waals surface area contributed by atoms with Crippen LogP contribution >= 0.6 is 0 Å². The molecular weight excluding hydrogens is 232 g/mol. The molecule has 2 amide bonds. The highest BCUT2D eigenvalue weighted by molar-refractivity contribution is 5.82. The van der Waals surface area contributed by atoms with E-state index in [1.807, 2.05) is 0 Å². The lowest BCUT2D eigenvalue weighted by Crippen LogP contribution is -2.50. The third-order valence-corrected chi connectivity index (χ3v) is 4.23. The molecule has 4 atom stereocenters. The van der Waals surface area contributed by atoms with Gasteiger partial charge >= 0.3 is 12.0 Å². The van der Waals surface area contributed by atoms with E-state index in [1.165, 1.54) is 4.90 Å². The van der Waals surface area contributed by atoms with Crippen molar-refractivity contribution in [3.8, 4) is 0 Å². The molecule has 2 N–H and O–H groups in total. The number of carboxylic acid groups (broad SMARTS) is 1. The second-order valence-corrected chi connectivity index (χ2v) is 5.34. The summed E-state index contributed by atoms with van der Waals surface area (Å²) >= 11 is 0. The minimum Gasteiger partial charge on any atom is -0.480 e. The quantitative estimate of drug-likeness (QED) is 0.807. The zero-order valence-electron chi connectivity index (χ0n) is 11.6. The minimum atomic E-state index is -0.956. The van der Waals surface area contributed by atoms with Crippen molar-refractivity contribution < 1.29 is 14.7 Å². The molecule has 1 aliphatic carbocycles. The van der Waals surface area contributed by atoms with Gasteiger partial charge in [-0.15, -0.1) is 0 Å². The van der Waals surface area contributed by atoms with E-state index in [-0.39, 0.29) is 12.1 Å². The largest absolute Gasteiger partial charge is 0.480 e. The van der Waals surface area contributed by atoms with Crippen LogP contribution in [0.5, 0.6) is 0 Å². The molecule has 0 aromatic heterocycles. The molecule has 0 aliphatic heterocycles. The van der Waals surface area contributed by atoms with E-state index in [4.69, 9.17) is 5.11 Å². The topological polar surface area (TPSA) is 69.6 Å². The molecule has 1 aliphatic rings. The summed E-state index contributed by atoms with van der Waals surface area (Å²) in [5.41, 5.74) is 0. The van der Waals surface area contributed by atoms with Crippen LogP contribution in [0.15, 0.2) is 0 Å². The fourth-order valence-electron chi connectivity index (χ4n) is 2.58. The van der Waals surface area contributed by atoms with Crippen LogP contribution in [-0.4, -0.2) is 41.1 Å². The predicted molar refractivity (Wildman–Crippen MR) is 69.4 cm³/mol. The lowest BCUT2D eigenvalue weighted by molar-refractivity contribution is -0.141. The number of likely N-dealkylation sites (N-methyl/N-ethyl adjacent to an activating group) is 1. The Morgan fingerprint density at radius 3 is 2.39 bits per heavy atom. The van der Waals surface area contributed by atoms with Crippen LogP contribution in [0.3, 0.4) is 0 Å². The zero-order chi connectivity index (χ0) is 13.9. The monoisotopic (exact) mass is 256 g/mol. The van der Waals surface area contributed by atoms with Crippen LogP contribution in [0.1, 0.15) is 40.0 Å². The summed E-state index contributed by atoms with van der Waals surface area (Å²) < 4.78 is 0. The second-order valence-electron chi connectivity index (χ2n) is 5.34. The average molecular weight is 256 g/mol. The van der Waals surface area contributed by atoms with E-state index in [0.717, 1.165) is 12.8 Å². The van der Waals surface area contributed by atoms with Gasteiger partial charge in [-0.3, -0.25) is 0 Å². The van der Waals surface area contributed by atoms with Crippen molar-refractivity contribution >= 4 is 12.0 Å². The average Bonchev–Trinajstić information content (AvgIpc) is 2.61. The first kappa shape index (κ1) is 14.8. The molecule has 18 heavy (non-hydrogen) atoms. The summed E-state index contributed by atoms with van der Waals surface area (Å²) in [6.45, 7) is 6.09. The third kappa shape index (κ3) is 3.15. The van der Waals surface area contributed by atoms with Gasteiger partial charge in [0.25, 0.3) is 0 Å². The Morgan fingerprint density at radius 2 is 2.00 bits per heavy atom.